The zero-order valence-electron chi connectivity index (χ0n) is 12.9. The molecule has 0 fully saturated rings. The highest BCUT2D eigenvalue weighted by Crippen LogP contribution is 2.60. The molecule has 0 N–H and O–H groups in total. The highest BCUT2D eigenvalue weighted by molar-refractivity contribution is 6.40. The Morgan fingerprint density at radius 3 is 1.52 bits per heavy atom. The largest absolute Gasteiger partial charge is 0.461 e. The molecule has 0 atom stereocenters. The molecule has 160 valence electrons. The second kappa shape index (κ2) is 7.24. The average molecular weight is 449 g/mol. The topological polar surface area (TPSA) is 26.3 Å². The first-order valence-electron chi connectivity index (χ1n) is 6.36. The quantitative estimate of drug-likeness (QED) is 0.264. The minimum atomic E-state index is -7.63. The molecule has 0 saturated carbocycles. The Labute approximate surface area is 148 Å². The van der Waals surface area contributed by atoms with E-state index in [0.717, 1.165) is 0 Å². The van der Waals surface area contributed by atoms with E-state index in [0.29, 0.717) is 0 Å². The van der Waals surface area contributed by atoms with Gasteiger partial charge in [-0.3, -0.25) is 0 Å². The summed E-state index contributed by atoms with van der Waals surface area (Å²) in [7, 11) is 0. The minimum absolute atomic E-state index is 0.952. The number of hydrogen-bond donors (Lipinski definition) is 0. The van der Waals surface area contributed by atoms with Gasteiger partial charge in [0.15, 0.2) is 0 Å². The molecule has 0 aliphatic rings. The van der Waals surface area contributed by atoms with Crippen LogP contribution in [-0.2, 0) is 9.53 Å². The molecule has 0 aromatic rings. The van der Waals surface area contributed by atoms with Crippen molar-refractivity contribution in [3.8, 4) is 0 Å². The zero-order chi connectivity index (χ0) is 22.3. The van der Waals surface area contributed by atoms with Crippen LogP contribution in [-0.4, -0.2) is 48.1 Å². The average Bonchev–Trinajstić information content (AvgIpc) is 2.44. The number of rotatable bonds is 9. The van der Waals surface area contributed by atoms with Crippen LogP contribution in [0, 0.1) is 0 Å². The highest BCUT2D eigenvalue weighted by Gasteiger charge is 2.89. The summed E-state index contributed by atoms with van der Waals surface area (Å²) in [5.41, 5.74) is 0. The smallest absolute Gasteiger partial charge is 0.384 e. The monoisotopic (exact) mass is 448 g/mol. The first-order valence-corrected chi connectivity index (χ1v) is 6.74. The number of ether oxygens (including phenoxy) is 1. The first-order chi connectivity index (χ1) is 11.6. The number of halogens is 13. The lowest BCUT2D eigenvalue weighted by atomic mass is 9.91. The van der Waals surface area contributed by atoms with E-state index < -0.39 is 66.5 Å². The molecule has 0 bridgehead atoms. The van der Waals surface area contributed by atoms with E-state index in [1.807, 2.05) is 0 Å². The molecule has 0 aliphatic carbocycles. The molecule has 0 aromatic carbocycles. The lowest BCUT2D eigenvalue weighted by Gasteiger charge is -2.40. The molecule has 15 heteroatoms. The number of hydrogen-bond acceptors (Lipinski definition) is 2. The van der Waals surface area contributed by atoms with Crippen LogP contribution in [0.1, 0.15) is 13.3 Å². The fourth-order valence-electron chi connectivity index (χ4n) is 1.41. The molecule has 0 heterocycles. The van der Waals surface area contributed by atoms with E-state index in [9.17, 15) is 57.5 Å². The van der Waals surface area contributed by atoms with E-state index >= 15 is 0 Å². The van der Waals surface area contributed by atoms with Gasteiger partial charge in [-0.05, 0) is 0 Å². The van der Waals surface area contributed by atoms with Crippen molar-refractivity contribution in [3.63, 3.8) is 0 Å². The second-order valence-electron chi connectivity index (χ2n) is 5.18. The van der Waals surface area contributed by atoms with Crippen LogP contribution in [0.15, 0.2) is 11.6 Å². The van der Waals surface area contributed by atoms with Gasteiger partial charge in [0.2, 0.25) is 0 Å². The molecule has 0 aromatic heterocycles. The summed E-state index contributed by atoms with van der Waals surface area (Å²) in [5, 5.41) is -0.952. The van der Waals surface area contributed by atoms with Gasteiger partial charge < -0.3 is 4.74 Å². The van der Waals surface area contributed by atoms with Crippen molar-refractivity contribution in [1.29, 1.82) is 0 Å². The van der Waals surface area contributed by atoms with E-state index in [4.69, 9.17) is 11.6 Å². The predicted octanol–water partition coefficient (Wildman–Crippen LogP) is 5.50. The van der Waals surface area contributed by atoms with Gasteiger partial charge in [0.05, 0.1) is 13.0 Å². The summed E-state index contributed by atoms with van der Waals surface area (Å²) < 4.78 is 161. The second-order valence-corrected chi connectivity index (χ2v) is 5.64. The van der Waals surface area contributed by atoms with Crippen LogP contribution in [0.3, 0.4) is 0 Å². The van der Waals surface area contributed by atoms with E-state index in [1.54, 1.807) is 0 Å². The van der Waals surface area contributed by atoms with Gasteiger partial charge in [0, 0.05) is 6.92 Å². The summed E-state index contributed by atoms with van der Waals surface area (Å²) in [6, 6.07) is 0. The van der Waals surface area contributed by atoms with Gasteiger partial charge in [-0.15, -0.1) is 0 Å². The molecule has 0 amide bonds. The molecule has 0 saturated heterocycles. The molecule has 0 aliphatic heterocycles. The van der Waals surface area contributed by atoms with Gasteiger partial charge >= 0.3 is 41.5 Å². The van der Waals surface area contributed by atoms with E-state index in [-0.39, 0.29) is 0 Å². The molecule has 0 radical (unpaired) electrons. The van der Waals surface area contributed by atoms with Crippen molar-refractivity contribution in [2.24, 2.45) is 0 Å². The van der Waals surface area contributed by atoms with Crippen LogP contribution in [0.2, 0.25) is 0 Å². The third kappa shape index (κ3) is 4.24. The summed E-state index contributed by atoms with van der Waals surface area (Å²) in [6.45, 7) is -0.0686. The summed E-state index contributed by atoms with van der Waals surface area (Å²) >= 11 is 4.92. The van der Waals surface area contributed by atoms with Crippen LogP contribution in [0.4, 0.5) is 52.7 Å². The number of carbonyl (C=O) groups excluding carboxylic acids is 1. The molecular weight excluding hydrogens is 440 g/mol. The molecule has 0 rings (SSSR count). The Balaban J connectivity index is 5.80. The SMILES string of the molecule is C=C(Cl)C(=O)OCCC(F)(F)C(F)(F)C(F)(F)C(F)(F)C(F)(F)C(C)(F)F. The maximum absolute atomic E-state index is 13.3. The Bertz CT molecular complexity index is 581. The van der Waals surface area contributed by atoms with Gasteiger partial charge in [-0.2, -0.15) is 52.7 Å². The fraction of sp³-hybridized carbons (Fsp3) is 0.750. The third-order valence-corrected chi connectivity index (χ3v) is 3.22. The van der Waals surface area contributed by atoms with Crippen molar-refractivity contribution >= 4 is 17.6 Å². The predicted molar refractivity (Wildman–Crippen MR) is 65.9 cm³/mol. The van der Waals surface area contributed by atoms with Gasteiger partial charge in [0.25, 0.3) is 0 Å². The van der Waals surface area contributed by atoms with Crippen LogP contribution in [0.5, 0.6) is 0 Å². The maximum atomic E-state index is 13.3. The van der Waals surface area contributed by atoms with Gasteiger partial charge in [-0.25, -0.2) is 4.79 Å². The van der Waals surface area contributed by atoms with Crippen LogP contribution in [0.25, 0.3) is 0 Å². The van der Waals surface area contributed by atoms with E-state index in [2.05, 4.69) is 11.3 Å². The Hall–Kier alpha value is -1.34. The summed E-state index contributed by atoms with van der Waals surface area (Å²) in [6.07, 6.45) is -2.56. The van der Waals surface area contributed by atoms with Gasteiger partial charge in [0.1, 0.15) is 5.03 Å². The van der Waals surface area contributed by atoms with Crippen molar-refractivity contribution in [3.05, 3.63) is 11.6 Å². The fourth-order valence-corrected chi connectivity index (χ4v) is 1.46. The Morgan fingerprint density at radius 1 is 0.815 bits per heavy atom. The third-order valence-electron chi connectivity index (χ3n) is 3.06. The molecule has 0 unspecified atom stereocenters. The molecule has 2 nitrogen and oxygen atoms in total. The zero-order valence-corrected chi connectivity index (χ0v) is 13.6. The Kier molecular flexibility index (Phi) is 6.88. The van der Waals surface area contributed by atoms with Crippen LogP contribution < -0.4 is 0 Å². The van der Waals surface area contributed by atoms with Crippen molar-refractivity contribution in [2.45, 2.75) is 48.9 Å². The van der Waals surface area contributed by atoms with Crippen molar-refractivity contribution in [2.75, 3.05) is 6.61 Å². The molecular formula is C12H9ClF12O2. The van der Waals surface area contributed by atoms with Crippen molar-refractivity contribution in [1.82, 2.24) is 0 Å². The number of carbonyl (C=O) groups is 1. The standard InChI is InChI=1S/C12H9ClF12O2/c1-5(13)6(26)27-4-3-8(16,17)10(20,21)12(24,25)11(22,23)9(18,19)7(2,14)15/h1,3-4H2,2H3. The highest BCUT2D eigenvalue weighted by atomic mass is 35.5. The van der Waals surface area contributed by atoms with Gasteiger partial charge in [-0.1, -0.05) is 18.2 Å². The van der Waals surface area contributed by atoms with E-state index in [1.165, 1.54) is 0 Å². The lowest BCUT2D eigenvalue weighted by molar-refractivity contribution is -0.423. The normalized spacial score (nSPS) is 14.9. The summed E-state index contributed by atoms with van der Waals surface area (Å²) in [4.78, 5) is 10.7. The Morgan fingerprint density at radius 2 is 1.19 bits per heavy atom. The number of esters is 1. The van der Waals surface area contributed by atoms with Crippen molar-refractivity contribution < 1.29 is 62.2 Å². The van der Waals surface area contributed by atoms with Crippen LogP contribution >= 0.6 is 11.6 Å². The first kappa shape index (κ1) is 25.7. The minimum Gasteiger partial charge on any atom is -0.461 e. The number of alkyl halides is 12. The maximum Gasteiger partial charge on any atom is 0.384 e. The lowest BCUT2D eigenvalue weighted by Crippen LogP contribution is -2.70. The molecule has 27 heavy (non-hydrogen) atoms. The molecule has 0 spiro atoms. The summed E-state index contributed by atoms with van der Waals surface area (Å²) in [5.74, 6) is -43.4.